The minimum Gasteiger partial charge on any atom is -0.394 e. The van der Waals surface area contributed by atoms with Crippen molar-refractivity contribution in [2.75, 3.05) is 12.8 Å². The molecule has 0 saturated heterocycles. The van der Waals surface area contributed by atoms with E-state index < -0.39 is 50.6 Å². The molecule has 0 aromatic carbocycles. The number of rotatable bonds is 9. The van der Waals surface area contributed by atoms with E-state index in [-0.39, 0.29) is 0 Å². The molecule has 0 bridgehead atoms. The quantitative estimate of drug-likeness (QED) is 0.525. The molecule has 8 heteroatoms. The van der Waals surface area contributed by atoms with Gasteiger partial charge in [0.2, 0.25) is 0 Å². The summed E-state index contributed by atoms with van der Waals surface area (Å²) in [6, 6.07) is 0. The number of Topliss-reactive ketones (excluding diaryl/α,β-unsaturated/α-hetero) is 1. The molecule has 7 nitrogen and oxygen atoms in total. The van der Waals surface area contributed by atoms with E-state index >= 15 is 0 Å². The molecule has 0 spiro atoms. The number of aliphatic hydroxyl groups excluding tert-OH is 3. The highest BCUT2D eigenvalue weighted by Gasteiger charge is 2.35. The van der Waals surface area contributed by atoms with Gasteiger partial charge in [0.15, 0.2) is 5.78 Å². The molecular formula is C11H23O7P. The molecule has 0 aliphatic heterocycles. The third-order valence-corrected chi connectivity index (χ3v) is 4.16. The van der Waals surface area contributed by atoms with Gasteiger partial charge in [0.1, 0.15) is 18.4 Å². The molecule has 0 aliphatic carbocycles. The molecule has 0 amide bonds. The minimum absolute atomic E-state index is 0.419. The lowest BCUT2D eigenvalue weighted by Gasteiger charge is -2.23. The van der Waals surface area contributed by atoms with Gasteiger partial charge in [-0.15, -0.1) is 0 Å². The number of hydrogen-bond acceptors (Lipinski definition) is 7. The average Bonchev–Trinajstić information content (AvgIpc) is 2.23. The predicted molar refractivity (Wildman–Crippen MR) is 69.0 cm³/mol. The minimum atomic E-state index is -3.69. The maximum atomic E-state index is 12.3. The van der Waals surface area contributed by atoms with E-state index in [2.05, 4.69) is 0 Å². The highest BCUT2D eigenvalue weighted by Crippen LogP contribution is 2.50. The second-order valence-electron chi connectivity index (χ2n) is 4.74. The molecule has 114 valence electrons. The summed E-state index contributed by atoms with van der Waals surface area (Å²) in [6.07, 6.45) is -4.92. The third-order valence-electron chi connectivity index (χ3n) is 1.97. The summed E-state index contributed by atoms with van der Waals surface area (Å²) in [6.45, 7) is 5.78. The van der Waals surface area contributed by atoms with Crippen LogP contribution in [0.3, 0.4) is 0 Å². The van der Waals surface area contributed by atoms with Crippen LogP contribution >= 0.6 is 7.60 Å². The van der Waals surface area contributed by atoms with E-state index in [1.54, 1.807) is 27.7 Å². The summed E-state index contributed by atoms with van der Waals surface area (Å²) in [4.78, 5) is 11.7. The van der Waals surface area contributed by atoms with Crippen molar-refractivity contribution in [3.05, 3.63) is 0 Å². The van der Waals surface area contributed by atoms with E-state index in [4.69, 9.17) is 19.3 Å². The topological polar surface area (TPSA) is 113 Å². The third kappa shape index (κ3) is 7.15. The second kappa shape index (κ2) is 8.09. The Balaban J connectivity index is 4.82. The molecule has 0 fully saturated rings. The van der Waals surface area contributed by atoms with Gasteiger partial charge in [-0.3, -0.25) is 9.36 Å². The largest absolute Gasteiger partial charge is 0.394 e. The first kappa shape index (κ1) is 18.7. The fraction of sp³-hybridized carbons (Fsp3) is 0.909. The van der Waals surface area contributed by atoms with Crippen molar-refractivity contribution in [3.8, 4) is 0 Å². The van der Waals surface area contributed by atoms with Gasteiger partial charge in [-0.25, -0.2) is 0 Å². The molecule has 0 saturated carbocycles. The highest BCUT2D eigenvalue weighted by molar-refractivity contribution is 7.54. The fourth-order valence-electron chi connectivity index (χ4n) is 1.34. The molecule has 3 N–H and O–H groups in total. The van der Waals surface area contributed by atoms with Crippen LogP contribution in [0.1, 0.15) is 27.7 Å². The van der Waals surface area contributed by atoms with Crippen molar-refractivity contribution in [1.82, 2.24) is 0 Å². The van der Waals surface area contributed by atoms with Gasteiger partial charge < -0.3 is 24.4 Å². The van der Waals surface area contributed by atoms with Crippen LogP contribution in [0.4, 0.5) is 0 Å². The van der Waals surface area contributed by atoms with Crippen LogP contribution in [0.25, 0.3) is 0 Å². The Morgan fingerprint density at radius 1 is 1.11 bits per heavy atom. The standard InChI is InChI=1S/C11H23O7P/c1-7(2)17-19(16,18-8(3)4)6-10(14)11(15)9(13)5-12/h7-9,11-13,15H,5-6H2,1-4H3/t9-,11+/m0/s1. The first-order valence-electron chi connectivity index (χ1n) is 6.07. The molecule has 0 heterocycles. The normalized spacial score (nSPS) is 15.8. The Morgan fingerprint density at radius 2 is 1.53 bits per heavy atom. The Hall–Kier alpha value is -0.300. The summed E-state index contributed by atoms with van der Waals surface area (Å²) >= 11 is 0. The smallest absolute Gasteiger partial charge is 0.338 e. The first-order valence-corrected chi connectivity index (χ1v) is 7.79. The molecule has 0 aliphatic rings. The molecular weight excluding hydrogens is 275 g/mol. The number of hydrogen-bond donors (Lipinski definition) is 3. The van der Waals surface area contributed by atoms with Gasteiger partial charge in [-0.2, -0.15) is 0 Å². The summed E-state index contributed by atoms with van der Waals surface area (Å²) < 4.78 is 22.6. The lowest BCUT2D eigenvalue weighted by Crippen LogP contribution is -2.38. The van der Waals surface area contributed by atoms with Gasteiger partial charge in [0.05, 0.1) is 18.8 Å². The van der Waals surface area contributed by atoms with Gasteiger partial charge >= 0.3 is 7.60 Å². The van der Waals surface area contributed by atoms with Crippen molar-refractivity contribution in [2.45, 2.75) is 52.1 Å². The van der Waals surface area contributed by atoms with Crippen LogP contribution in [0.5, 0.6) is 0 Å². The SMILES string of the molecule is CC(C)OP(=O)(CC(=O)[C@H](O)[C@@H](O)CO)OC(C)C. The van der Waals surface area contributed by atoms with E-state index in [9.17, 15) is 14.5 Å². The monoisotopic (exact) mass is 298 g/mol. The Morgan fingerprint density at radius 3 is 1.84 bits per heavy atom. The van der Waals surface area contributed by atoms with E-state index in [1.807, 2.05) is 0 Å². The maximum Gasteiger partial charge on any atom is 0.338 e. The Bertz CT molecular complexity index is 315. The number of ketones is 1. The number of carbonyl (C=O) groups is 1. The number of aliphatic hydroxyl groups is 3. The zero-order chi connectivity index (χ0) is 15.2. The molecule has 0 radical (unpaired) electrons. The molecule has 0 rings (SSSR count). The van der Waals surface area contributed by atoms with E-state index in [0.29, 0.717) is 0 Å². The lowest BCUT2D eigenvalue weighted by atomic mass is 10.1. The Labute approximate surface area is 113 Å². The number of carbonyl (C=O) groups excluding carboxylic acids is 1. The van der Waals surface area contributed by atoms with Crippen LogP contribution in [0, 0.1) is 0 Å². The molecule has 0 aromatic rings. The maximum absolute atomic E-state index is 12.3. The van der Waals surface area contributed by atoms with Crippen LogP contribution in [-0.2, 0) is 18.4 Å². The summed E-state index contributed by atoms with van der Waals surface area (Å²) in [5.41, 5.74) is 0. The van der Waals surface area contributed by atoms with Gasteiger partial charge in [0.25, 0.3) is 0 Å². The van der Waals surface area contributed by atoms with Crippen molar-refractivity contribution < 1.29 is 33.7 Å². The van der Waals surface area contributed by atoms with Crippen LogP contribution < -0.4 is 0 Å². The average molecular weight is 298 g/mol. The fourth-order valence-corrected chi connectivity index (χ4v) is 3.39. The van der Waals surface area contributed by atoms with Crippen LogP contribution in [-0.4, -0.2) is 58.3 Å². The van der Waals surface area contributed by atoms with Gasteiger partial charge in [-0.05, 0) is 27.7 Å². The first-order chi connectivity index (χ1) is 8.61. The van der Waals surface area contributed by atoms with Crippen molar-refractivity contribution in [3.63, 3.8) is 0 Å². The van der Waals surface area contributed by atoms with Crippen molar-refractivity contribution in [2.24, 2.45) is 0 Å². The van der Waals surface area contributed by atoms with E-state index in [0.717, 1.165) is 0 Å². The molecule has 19 heavy (non-hydrogen) atoms. The second-order valence-corrected chi connectivity index (χ2v) is 6.70. The summed E-state index contributed by atoms with van der Waals surface area (Å²) in [5.74, 6) is -0.897. The van der Waals surface area contributed by atoms with Crippen molar-refractivity contribution >= 4 is 13.4 Å². The van der Waals surface area contributed by atoms with E-state index in [1.165, 1.54) is 0 Å². The predicted octanol–water partition coefficient (Wildman–Crippen LogP) is 0.313. The molecule has 0 unspecified atom stereocenters. The molecule has 0 aromatic heterocycles. The zero-order valence-electron chi connectivity index (χ0n) is 11.6. The zero-order valence-corrected chi connectivity index (χ0v) is 12.5. The molecule has 2 atom stereocenters. The van der Waals surface area contributed by atoms with Crippen LogP contribution in [0.2, 0.25) is 0 Å². The highest BCUT2D eigenvalue weighted by atomic mass is 31.2. The van der Waals surface area contributed by atoms with Gasteiger partial charge in [-0.1, -0.05) is 0 Å². The van der Waals surface area contributed by atoms with Crippen molar-refractivity contribution in [1.29, 1.82) is 0 Å². The summed E-state index contributed by atoms with van der Waals surface area (Å²) in [7, 11) is -3.69. The van der Waals surface area contributed by atoms with Crippen LogP contribution in [0.15, 0.2) is 0 Å². The summed E-state index contributed by atoms with van der Waals surface area (Å²) in [5, 5.41) is 27.2. The van der Waals surface area contributed by atoms with Gasteiger partial charge in [0, 0.05) is 0 Å². The lowest BCUT2D eigenvalue weighted by molar-refractivity contribution is -0.132. The Kier molecular flexibility index (Phi) is 7.96.